The van der Waals surface area contributed by atoms with Gasteiger partial charge < -0.3 is 4.90 Å². The smallest absolute Gasteiger partial charge is 0.241 e. The number of hydrogen-bond donors (Lipinski definition) is 1. The predicted molar refractivity (Wildman–Crippen MR) is 84.9 cm³/mol. The number of nitrogens with one attached hydrogen (secondary N) is 1. The Morgan fingerprint density at radius 2 is 1.81 bits per heavy atom. The van der Waals surface area contributed by atoms with Gasteiger partial charge in [-0.2, -0.15) is 0 Å². The van der Waals surface area contributed by atoms with Gasteiger partial charge in [-0.05, 0) is 31.7 Å². The molecule has 1 saturated heterocycles. The van der Waals surface area contributed by atoms with E-state index < -0.39 is 0 Å². The second-order valence-electron chi connectivity index (χ2n) is 6.48. The van der Waals surface area contributed by atoms with Crippen LogP contribution in [0.3, 0.4) is 0 Å². The van der Waals surface area contributed by atoms with Gasteiger partial charge in [-0.3, -0.25) is 10.1 Å². The molecule has 1 N–H and O–H groups in total. The van der Waals surface area contributed by atoms with E-state index in [0.29, 0.717) is 11.9 Å². The normalized spacial score (nSPS) is 27.3. The largest absolute Gasteiger partial charge is 0.319 e. The monoisotopic (exact) mass is 286 g/mol. The number of carbonyl (C=O) groups is 1. The molecule has 0 aromatic heterocycles. The molecule has 2 aliphatic rings. The van der Waals surface area contributed by atoms with Gasteiger partial charge in [0.25, 0.3) is 0 Å². The Bertz CT molecular complexity index is 490. The van der Waals surface area contributed by atoms with E-state index in [1.807, 2.05) is 0 Å². The van der Waals surface area contributed by atoms with E-state index in [1.165, 1.54) is 30.4 Å². The number of rotatable bonds is 3. The zero-order valence-electron chi connectivity index (χ0n) is 13.1. The van der Waals surface area contributed by atoms with Crippen LogP contribution in [-0.2, 0) is 4.79 Å². The Kier molecular flexibility index (Phi) is 4.29. The average molecular weight is 286 g/mol. The van der Waals surface area contributed by atoms with Crippen LogP contribution in [0.2, 0.25) is 0 Å². The third kappa shape index (κ3) is 2.84. The molecule has 21 heavy (non-hydrogen) atoms. The maximum Gasteiger partial charge on any atom is 0.241 e. The molecule has 0 spiro atoms. The fraction of sp³-hybridized carbons (Fsp3) is 0.611. The SMILES string of the molecule is CCC1NC(c2ccc(C)cc2)N(C2CCCCC2)C1=O. The highest BCUT2D eigenvalue weighted by Crippen LogP contribution is 2.34. The molecule has 2 fully saturated rings. The van der Waals surface area contributed by atoms with Crippen LogP contribution < -0.4 is 5.32 Å². The molecule has 1 heterocycles. The van der Waals surface area contributed by atoms with Crippen molar-refractivity contribution >= 4 is 5.91 Å². The zero-order valence-corrected chi connectivity index (χ0v) is 13.1. The molecule has 3 nitrogen and oxygen atoms in total. The molecule has 1 saturated carbocycles. The number of nitrogens with zero attached hydrogens (tertiary/aromatic N) is 1. The van der Waals surface area contributed by atoms with Crippen LogP contribution in [0.4, 0.5) is 0 Å². The maximum absolute atomic E-state index is 12.7. The highest BCUT2D eigenvalue weighted by atomic mass is 16.2. The second-order valence-corrected chi connectivity index (χ2v) is 6.48. The molecule has 3 heteroatoms. The van der Waals surface area contributed by atoms with Crippen molar-refractivity contribution in [3.8, 4) is 0 Å². The van der Waals surface area contributed by atoms with Crippen LogP contribution in [0.25, 0.3) is 0 Å². The Balaban J connectivity index is 1.88. The third-order valence-corrected chi connectivity index (χ3v) is 4.96. The summed E-state index contributed by atoms with van der Waals surface area (Å²) in [4.78, 5) is 14.9. The summed E-state index contributed by atoms with van der Waals surface area (Å²) in [6.45, 7) is 4.19. The molecule has 0 bridgehead atoms. The van der Waals surface area contributed by atoms with Crippen molar-refractivity contribution in [3.05, 3.63) is 35.4 Å². The molecule has 2 atom stereocenters. The van der Waals surface area contributed by atoms with Crippen molar-refractivity contribution in [1.82, 2.24) is 10.2 Å². The molecular formula is C18H26N2O. The van der Waals surface area contributed by atoms with Gasteiger partial charge in [-0.1, -0.05) is 56.0 Å². The van der Waals surface area contributed by atoms with E-state index in [4.69, 9.17) is 0 Å². The summed E-state index contributed by atoms with van der Waals surface area (Å²) < 4.78 is 0. The number of aryl methyl sites for hydroxylation is 1. The highest BCUT2D eigenvalue weighted by Gasteiger charge is 2.42. The first-order valence-corrected chi connectivity index (χ1v) is 8.35. The lowest BCUT2D eigenvalue weighted by molar-refractivity contribution is -0.133. The van der Waals surface area contributed by atoms with Crippen LogP contribution in [0, 0.1) is 6.92 Å². The molecule has 3 rings (SSSR count). The minimum Gasteiger partial charge on any atom is -0.319 e. The Labute approximate surface area is 127 Å². The van der Waals surface area contributed by atoms with Crippen LogP contribution in [-0.4, -0.2) is 22.9 Å². The number of carbonyl (C=O) groups excluding carboxylic acids is 1. The van der Waals surface area contributed by atoms with Gasteiger partial charge in [0, 0.05) is 6.04 Å². The summed E-state index contributed by atoms with van der Waals surface area (Å²) >= 11 is 0. The Morgan fingerprint density at radius 3 is 2.43 bits per heavy atom. The lowest BCUT2D eigenvalue weighted by Gasteiger charge is -2.35. The third-order valence-electron chi connectivity index (χ3n) is 4.96. The average Bonchev–Trinajstić information content (AvgIpc) is 2.85. The molecule has 1 amide bonds. The summed E-state index contributed by atoms with van der Waals surface area (Å²) in [7, 11) is 0. The number of benzene rings is 1. The van der Waals surface area contributed by atoms with Crippen LogP contribution >= 0.6 is 0 Å². The topological polar surface area (TPSA) is 32.3 Å². The molecule has 1 aromatic rings. The molecule has 1 aliphatic heterocycles. The summed E-state index contributed by atoms with van der Waals surface area (Å²) in [6.07, 6.45) is 7.07. The first-order chi connectivity index (χ1) is 10.2. The van der Waals surface area contributed by atoms with Crippen LogP contribution in [0.1, 0.15) is 62.7 Å². The van der Waals surface area contributed by atoms with Crippen molar-refractivity contribution < 1.29 is 4.79 Å². The number of amides is 1. The van der Waals surface area contributed by atoms with E-state index >= 15 is 0 Å². The molecule has 0 radical (unpaired) electrons. The Morgan fingerprint density at radius 1 is 1.14 bits per heavy atom. The van der Waals surface area contributed by atoms with Gasteiger partial charge in [0.2, 0.25) is 5.91 Å². The summed E-state index contributed by atoms with van der Waals surface area (Å²) in [6, 6.07) is 9.00. The fourth-order valence-corrected chi connectivity index (χ4v) is 3.70. The van der Waals surface area contributed by atoms with Gasteiger partial charge >= 0.3 is 0 Å². The van der Waals surface area contributed by atoms with Gasteiger partial charge in [-0.15, -0.1) is 0 Å². The molecule has 114 valence electrons. The minimum absolute atomic E-state index is 0.0155. The first-order valence-electron chi connectivity index (χ1n) is 8.35. The first kappa shape index (κ1) is 14.6. The summed E-state index contributed by atoms with van der Waals surface area (Å²) in [5, 5.41) is 3.55. The van der Waals surface area contributed by atoms with Gasteiger partial charge in [0.15, 0.2) is 0 Å². The number of hydrogen-bond acceptors (Lipinski definition) is 2. The van der Waals surface area contributed by atoms with E-state index in [9.17, 15) is 4.79 Å². The minimum atomic E-state index is -0.0155. The van der Waals surface area contributed by atoms with Crippen molar-refractivity contribution in [2.24, 2.45) is 0 Å². The summed E-state index contributed by atoms with van der Waals surface area (Å²) in [5.41, 5.74) is 2.48. The van der Waals surface area contributed by atoms with E-state index in [2.05, 4.69) is 48.3 Å². The van der Waals surface area contributed by atoms with Gasteiger partial charge in [0.05, 0.1) is 6.04 Å². The van der Waals surface area contributed by atoms with E-state index in [-0.39, 0.29) is 12.2 Å². The van der Waals surface area contributed by atoms with E-state index in [1.54, 1.807) is 0 Å². The zero-order chi connectivity index (χ0) is 14.8. The van der Waals surface area contributed by atoms with Gasteiger partial charge in [-0.25, -0.2) is 0 Å². The van der Waals surface area contributed by atoms with Gasteiger partial charge in [0.1, 0.15) is 6.17 Å². The molecular weight excluding hydrogens is 260 g/mol. The maximum atomic E-state index is 12.7. The lowest BCUT2D eigenvalue weighted by atomic mass is 9.93. The fourth-order valence-electron chi connectivity index (χ4n) is 3.70. The van der Waals surface area contributed by atoms with Crippen molar-refractivity contribution in [1.29, 1.82) is 0 Å². The van der Waals surface area contributed by atoms with Crippen molar-refractivity contribution in [2.75, 3.05) is 0 Å². The lowest BCUT2D eigenvalue weighted by Crippen LogP contribution is -2.41. The Hall–Kier alpha value is -1.35. The molecule has 1 aromatic carbocycles. The van der Waals surface area contributed by atoms with Crippen molar-refractivity contribution in [3.63, 3.8) is 0 Å². The molecule has 2 unspecified atom stereocenters. The second kappa shape index (κ2) is 6.18. The highest BCUT2D eigenvalue weighted by molar-refractivity contribution is 5.84. The van der Waals surface area contributed by atoms with Crippen LogP contribution in [0.5, 0.6) is 0 Å². The van der Waals surface area contributed by atoms with Crippen molar-refractivity contribution in [2.45, 2.75) is 70.6 Å². The standard InChI is InChI=1S/C18H26N2O/c1-3-16-18(21)20(15-7-5-4-6-8-15)17(19-16)14-11-9-13(2)10-12-14/h9-12,15-17,19H,3-8H2,1-2H3. The quantitative estimate of drug-likeness (QED) is 0.922. The predicted octanol–water partition coefficient (Wildman–Crippen LogP) is 3.54. The molecule has 1 aliphatic carbocycles. The van der Waals surface area contributed by atoms with E-state index in [0.717, 1.165) is 19.3 Å². The summed E-state index contributed by atoms with van der Waals surface area (Å²) in [5.74, 6) is 0.301. The van der Waals surface area contributed by atoms with Crippen LogP contribution in [0.15, 0.2) is 24.3 Å².